The molecule has 1 aliphatic rings. The molecule has 1 unspecified atom stereocenters. The van der Waals surface area contributed by atoms with Crippen LogP contribution in [0, 0.1) is 0 Å². The molecule has 4 rings (SSSR count). The van der Waals surface area contributed by atoms with Crippen molar-refractivity contribution in [1.29, 1.82) is 0 Å². The molecule has 0 spiro atoms. The smallest absolute Gasteiger partial charge is 0.275 e. The molecule has 0 bridgehead atoms. The number of hydrazone groups is 1. The first-order valence-electron chi connectivity index (χ1n) is 11.4. The van der Waals surface area contributed by atoms with Gasteiger partial charge < -0.3 is 16.3 Å². The molecular formula is C25H30N8O2. The van der Waals surface area contributed by atoms with Gasteiger partial charge in [0.25, 0.3) is 5.91 Å². The largest absolute Gasteiger partial charge is 0.394 e. The Morgan fingerprint density at radius 2 is 2.00 bits per heavy atom. The average molecular weight is 475 g/mol. The van der Waals surface area contributed by atoms with E-state index < -0.39 is 6.04 Å². The number of hydrazine groups is 1. The van der Waals surface area contributed by atoms with Crippen molar-refractivity contribution in [3.05, 3.63) is 88.9 Å². The number of nitrogens with two attached hydrogens (primary N) is 2. The van der Waals surface area contributed by atoms with Gasteiger partial charge in [0.15, 0.2) is 5.84 Å². The first-order valence-corrected chi connectivity index (χ1v) is 11.4. The molecule has 6 N–H and O–H groups in total. The molecule has 1 aliphatic heterocycles. The lowest BCUT2D eigenvalue weighted by molar-refractivity contribution is 0.102. The van der Waals surface area contributed by atoms with Crippen LogP contribution in [0.4, 0.5) is 5.82 Å². The van der Waals surface area contributed by atoms with Gasteiger partial charge in [-0.25, -0.2) is 10.8 Å². The van der Waals surface area contributed by atoms with E-state index in [1.165, 1.54) is 10.6 Å². The molecule has 182 valence electrons. The number of aliphatic hydroxyl groups is 1. The van der Waals surface area contributed by atoms with Crippen LogP contribution in [0.25, 0.3) is 0 Å². The van der Waals surface area contributed by atoms with Crippen LogP contribution in [0.1, 0.15) is 39.8 Å². The summed E-state index contributed by atoms with van der Waals surface area (Å²) in [5, 5.41) is 17.1. The lowest BCUT2D eigenvalue weighted by Gasteiger charge is -2.28. The Morgan fingerprint density at radius 3 is 2.74 bits per heavy atom. The van der Waals surface area contributed by atoms with Crippen molar-refractivity contribution >= 4 is 17.6 Å². The summed E-state index contributed by atoms with van der Waals surface area (Å²) in [6.07, 6.45) is 2.68. The maximum atomic E-state index is 13.0. The lowest BCUT2D eigenvalue weighted by Crippen LogP contribution is -2.47. The predicted molar refractivity (Wildman–Crippen MR) is 134 cm³/mol. The highest BCUT2D eigenvalue weighted by Gasteiger charge is 2.21. The van der Waals surface area contributed by atoms with Gasteiger partial charge in [-0.05, 0) is 48.2 Å². The van der Waals surface area contributed by atoms with Crippen molar-refractivity contribution in [2.24, 2.45) is 16.8 Å². The Balaban J connectivity index is 1.46. The van der Waals surface area contributed by atoms with E-state index in [1.807, 2.05) is 24.3 Å². The van der Waals surface area contributed by atoms with Crippen LogP contribution < -0.4 is 17.0 Å². The van der Waals surface area contributed by atoms with Crippen LogP contribution in [-0.4, -0.2) is 55.9 Å². The molecular weight excluding hydrogens is 444 g/mol. The molecule has 2 aromatic heterocycles. The fraction of sp³-hybridized carbons (Fsp3) is 0.280. The zero-order valence-electron chi connectivity index (χ0n) is 19.6. The highest BCUT2D eigenvalue weighted by atomic mass is 16.3. The average Bonchev–Trinajstić information content (AvgIpc) is 2.89. The minimum atomic E-state index is -0.418. The van der Waals surface area contributed by atoms with Crippen LogP contribution in [0.15, 0.2) is 65.9 Å². The number of aromatic nitrogens is 2. The molecule has 10 heteroatoms. The van der Waals surface area contributed by atoms with Crippen molar-refractivity contribution in [1.82, 2.24) is 19.9 Å². The summed E-state index contributed by atoms with van der Waals surface area (Å²) in [7, 11) is 0. The first-order chi connectivity index (χ1) is 17.0. The molecule has 35 heavy (non-hydrogen) atoms. The van der Waals surface area contributed by atoms with Gasteiger partial charge in [0, 0.05) is 25.8 Å². The first kappa shape index (κ1) is 24.3. The molecule has 1 atom stereocenters. The van der Waals surface area contributed by atoms with Crippen molar-refractivity contribution < 1.29 is 9.90 Å². The number of nitrogens with one attached hydrogen (secondary N) is 1. The number of hydrogen-bond donors (Lipinski definition) is 4. The van der Waals surface area contributed by atoms with E-state index in [2.05, 4.69) is 37.4 Å². The number of pyridine rings is 2. The molecule has 0 radical (unpaired) electrons. The van der Waals surface area contributed by atoms with E-state index in [9.17, 15) is 9.90 Å². The standard InChI is InChI=1S/C25H30N8O2/c1-17(16-34)33(27)24(31-26)21-8-5-9-23(29-21)30-25(35)22-12-20-15-32(11-10-19(20)13-28-22)14-18-6-3-2-4-7-18/h2-9,12-13,17,34H,10-11,14-16,26-27H2,1H3,(H,29,30,35)/b31-24-. The molecule has 0 saturated heterocycles. The summed E-state index contributed by atoms with van der Waals surface area (Å²) < 4.78 is 0. The van der Waals surface area contributed by atoms with E-state index in [-0.39, 0.29) is 18.3 Å². The van der Waals surface area contributed by atoms with E-state index in [1.54, 1.807) is 31.3 Å². The van der Waals surface area contributed by atoms with Crippen molar-refractivity contribution in [3.8, 4) is 0 Å². The summed E-state index contributed by atoms with van der Waals surface area (Å²) >= 11 is 0. The van der Waals surface area contributed by atoms with Crippen LogP contribution >= 0.6 is 0 Å². The second kappa shape index (κ2) is 11.0. The zero-order valence-corrected chi connectivity index (χ0v) is 19.6. The van der Waals surface area contributed by atoms with Gasteiger partial charge >= 0.3 is 0 Å². The lowest BCUT2D eigenvalue weighted by atomic mass is 10.0. The molecule has 3 heterocycles. The van der Waals surface area contributed by atoms with Gasteiger partial charge in [-0.1, -0.05) is 36.4 Å². The van der Waals surface area contributed by atoms with Crippen molar-refractivity contribution in [2.75, 3.05) is 18.5 Å². The summed E-state index contributed by atoms with van der Waals surface area (Å²) in [5.74, 6) is 11.6. The van der Waals surface area contributed by atoms with E-state index >= 15 is 0 Å². The van der Waals surface area contributed by atoms with Crippen molar-refractivity contribution in [3.63, 3.8) is 0 Å². The van der Waals surface area contributed by atoms with Gasteiger partial charge in [-0.2, -0.15) is 5.10 Å². The summed E-state index contributed by atoms with van der Waals surface area (Å²) in [6, 6.07) is 16.8. The Morgan fingerprint density at radius 1 is 1.20 bits per heavy atom. The summed E-state index contributed by atoms with van der Waals surface area (Å²) in [4.78, 5) is 24.1. The zero-order chi connectivity index (χ0) is 24.8. The number of amides is 1. The van der Waals surface area contributed by atoms with Crippen LogP contribution in [0.3, 0.4) is 0 Å². The van der Waals surface area contributed by atoms with Gasteiger partial charge in [-0.3, -0.25) is 19.7 Å². The highest BCUT2D eigenvalue weighted by Crippen LogP contribution is 2.21. The quantitative estimate of drug-likeness (QED) is 0.174. The highest BCUT2D eigenvalue weighted by molar-refractivity contribution is 6.03. The van der Waals surface area contributed by atoms with Gasteiger partial charge in [-0.15, -0.1) is 0 Å². The molecule has 1 amide bonds. The summed E-state index contributed by atoms with van der Waals surface area (Å²) in [6.45, 7) is 4.10. The molecule has 1 aromatic carbocycles. The fourth-order valence-electron chi connectivity index (χ4n) is 3.97. The van der Waals surface area contributed by atoms with E-state index in [0.29, 0.717) is 17.2 Å². The molecule has 0 saturated carbocycles. The van der Waals surface area contributed by atoms with Crippen LogP contribution in [0.2, 0.25) is 0 Å². The minimum absolute atomic E-state index is 0.182. The number of anilines is 1. The number of fused-ring (bicyclic) bond motifs is 1. The molecule has 0 fully saturated rings. The SMILES string of the molecule is CC(CO)N(N)/C(=N\N)c1cccc(NC(=O)c2cc3c(cn2)CCN(Cc2ccccc2)C3)n1. The number of nitrogens with zero attached hydrogens (tertiary/aromatic N) is 5. The monoisotopic (exact) mass is 474 g/mol. The Hall–Kier alpha value is -3.86. The Bertz CT molecular complexity index is 1200. The topological polar surface area (TPSA) is 146 Å². The second-order valence-corrected chi connectivity index (χ2v) is 8.54. The number of carbonyl (C=O) groups is 1. The molecule has 10 nitrogen and oxygen atoms in total. The Labute approximate surface area is 204 Å². The number of aliphatic hydroxyl groups excluding tert-OH is 1. The number of hydrogen-bond acceptors (Lipinski definition) is 8. The van der Waals surface area contributed by atoms with Gasteiger partial charge in [0.2, 0.25) is 0 Å². The van der Waals surface area contributed by atoms with Gasteiger partial charge in [0.05, 0.1) is 12.6 Å². The third-order valence-electron chi connectivity index (χ3n) is 5.98. The van der Waals surface area contributed by atoms with Crippen LogP contribution in [-0.2, 0) is 19.5 Å². The third kappa shape index (κ3) is 5.80. The normalized spacial score (nSPS) is 14.8. The number of benzene rings is 1. The number of amidine groups is 1. The summed E-state index contributed by atoms with van der Waals surface area (Å²) in [5.41, 5.74) is 4.21. The van der Waals surface area contributed by atoms with E-state index in [4.69, 9.17) is 11.7 Å². The maximum Gasteiger partial charge on any atom is 0.275 e. The predicted octanol–water partition coefficient (Wildman–Crippen LogP) is 1.46. The number of rotatable bonds is 7. The molecule has 3 aromatic rings. The van der Waals surface area contributed by atoms with E-state index in [0.717, 1.165) is 37.2 Å². The third-order valence-corrected chi connectivity index (χ3v) is 5.98. The molecule has 0 aliphatic carbocycles. The second-order valence-electron chi connectivity index (χ2n) is 8.54. The minimum Gasteiger partial charge on any atom is -0.394 e. The fourth-order valence-corrected chi connectivity index (χ4v) is 3.97. The van der Waals surface area contributed by atoms with Crippen molar-refractivity contribution in [2.45, 2.75) is 32.5 Å². The van der Waals surface area contributed by atoms with Crippen LogP contribution in [0.5, 0.6) is 0 Å². The van der Waals surface area contributed by atoms with Gasteiger partial charge in [0.1, 0.15) is 17.2 Å². The Kier molecular flexibility index (Phi) is 7.66. The maximum absolute atomic E-state index is 13.0. The number of carbonyl (C=O) groups excluding carboxylic acids is 1.